The maximum absolute atomic E-state index is 5.85. The fourth-order valence-electron chi connectivity index (χ4n) is 1.37. The largest absolute Gasteiger partial charge is 0.497 e. The summed E-state index contributed by atoms with van der Waals surface area (Å²) in [5.41, 5.74) is 0.948. The van der Waals surface area contributed by atoms with Crippen molar-refractivity contribution in [1.29, 1.82) is 0 Å². The highest BCUT2D eigenvalue weighted by molar-refractivity contribution is 7.09. The maximum Gasteiger partial charge on any atom is 0.140 e. The van der Waals surface area contributed by atoms with Crippen molar-refractivity contribution in [3.8, 4) is 11.5 Å². The summed E-state index contributed by atoms with van der Waals surface area (Å²) < 4.78 is 10.9. The van der Waals surface area contributed by atoms with Crippen LogP contribution in [0.5, 0.6) is 11.5 Å². The molecule has 0 radical (unpaired) electrons. The lowest BCUT2D eigenvalue weighted by atomic mass is 10.2. The molecule has 17 heavy (non-hydrogen) atoms. The molecule has 2 rings (SSSR count). The fourth-order valence-corrected chi connectivity index (χ4v) is 2.12. The van der Waals surface area contributed by atoms with E-state index in [0.717, 1.165) is 22.1 Å². The third-order valence-corrected chi connectivity index (χ3v) is 3.29. The molecule has 90 valence electrons. The highest BCUT2D eigenvalue weighted by Crippen LogP contribution is 2.27. The van der Waals surface area contributed by atoms with Gasteiger partial charge in [0.05, 0.1) is 13.0 Å². The maximum atomic E-state index is 5.85. The van der Waals surface area contributed by atoms with E-state index in [1.165, 1.54) is 0 Å². The molecule has 0 spiro atoms. The topological polar surface area (TPSA) is 31.4 Å². The molecule has 0 saturated carbocycles. The van der Waals surface area contributed by atoms with Crippen LogP contribution >= 0.6 is 22.9 Å². The van der Waals surface area contributed by atoms with E-state index in [1.807, 2.05) is 23.6 Å². The van der Waals surface area contributed by atoms with Crippen molar-refractivity contribution in [2.24, 2.45) is 0 Å². The monoisotopic (exact) mass is 269 g/mol. The van der Waals surface area contributed by atoms with Gasteiger partial charge in [-0.1, -0.05) is 6.07 Å². The number of aromatic nitrogens is 1. The van der Waals surface area contributed by atoms with Gasteiger partial charge in [0.15, 0.2) is 0 Å². The minimum atomic E-state index is 0.414. The van der Waals surface area contributed by atoms with Crippen LogP contribution in [0.4, 0.5) is 0 Å². The van der Waals surface area contributed by atoms with Crippen LogP contribution in [0.2, 0.25) is 0 Å². The predicted octanol–water partition coefficient (Wildman–Crippen LogP) is 3.47. The van der Waals surface area contributed by atoms with E-state index >= 15 is 0 Å². The van der Waals surface area contributed by atoms with E-state index in [4.69, 9.17) is 21.1 Å². The van der Waals surface area contributed by atoms with Crippen molar-refractivity contribution >= 4 is 22.9 Å². The standard InChI is InChI=1S/C12H12ClNO2S/c1-15-10-3-2-9(7-13)11(6-10)16-8-12-14-4-5-17-12/h2-6H,7-8H2,1H3. The Morgan fingerprint density at radius 3 is 2.94 bits per heavy atom. The van der Waals surface area contributed by atoms with E-state index in [9.17, 15) is 0 Å². The number of thiazole rings is 1. The van der Waals surface area contributed by atoms with E-state index in [0.29, 0.717) is 12.5 Å². The summed E-state index contributed by atoms with van der Waals surface area (Å²) in [6.45, 7) is 0.453. The number of hydrogen-bond acceptors (Lipinski definition) is 4. The van der Waals surface area contributed by atoms with Crippen LogP contribution in [-0.4, -0.2) is 12.1 Å². The van der Waals surface area contributed by atoms with Crippen molar-refractivity contribution < 1.29 is 9.47 Å². The molecule has 0 N–H and O–H groups in total. The molecule has 1 aromatic heterocycles. The van der Waals surface area contributed by atoms with Gasteiger partial charge < -0.3 is 9.47 Å². The van der Waals surface area contributed by atoms with Gasteiger partial charge in [0.1, 0.15) is 23.1 Å². The molecule has 3 nitrogen and oxygen atoms in total. The van der Waals surface area contributed by atoms with E-state index in [-0.39, 0.29) is 0 Å². The molecule has 0 unspecified atom stereocenters. The first-order valence-electron chi connectivity index (χ1n) is 5.07. The van der Waals surface area contributed by atoms with Crippen LogP contribution in [0.25, 0.3) is 0 Å². The zero-order valence-corrected chi connectivity index (χ0v) is 10.9. The molecular formula is C12H12ClNO2S. The summed E-state index contributed by atoms with van der Waals surface area (Å²) >= 11 is 7.42. The fraction of sp³-hybridized carbons (Fsp3) is 0.250. The highest BCUT2D eigenvalue weighted by atomic mass is 35.5. The van der Waals surface area contributed by atoms with Gasteiger partial charge in [0.25, 0.3) is 0 Å². The molecule has 0 saturated heterocycles. The summed E-state index contributed by atoms with van der Waals surface area (Å²) in [4.78, 5) is 4.16. The first-order valence-corrected chi connectivity index (χ1v) is 6.49. The number of ether oxygens (including phenoxy) is 2. The average Bonchev–Trinajstić information content (AvgIpc) is 2.89. The Labute approximate surface area is 109 Å². The summed E-state index contributed by atoms with van der Waals surface area (Å²) in [7, 11) is 1.63. The van der Waals surface area contributed by atoms with E-state index in [1.54, 1.807) is 24.6 Å². The van der Waals surface area contributed by atoms with Gasteiger partial charge >= 0.3 is 0 Å². The van der Waals surface area contributed by atoms with Gasteiger partial charge in [-0.15, -0.1) is 22.9 Å². The average molecular weight is 270 g/mol. The lowest BCUT2D eigenvalue weighted by Gasteiger charge is -2.10. The zero-order valence-electron chi connectivity index (χ0n) is 9.35. The molecule has 5 heteroatoms. The Bertz CT molecular complexity index is 473. The molecule has 0 aliphatic heterocycles. The lowest BCUT2D eigenvalue weighted by Crippen LogP contribution is -1.98. The predicted molar refractivity (Wildman–Crippen MR) is 69.0 cm³/mol. The van der Waals surface area contributed by atoms with E-state index < -0.39 is 0 Å². The van der Waals surface area contributed by atoms with Crippen LogP contribution in [0.3, 0.4) is 0 Å². The molecule has 1 heterocycles. The summed E-state index contributed by atoms with van der Waals surface area (Å²) in [5, 5.41) is 2.86. The minimum Gasteiger partial charge on any atom is -0.497 e. The summed E-state index contributed by atoms with van der Waals surface area (Å²) in [6, 6.07) is 5.61. The molecular weight excluding hydrogens is 258 g/mol. The Kier molecular flexibility index (Phi) is 4.23. The SMILES string of the molecule is COc1ccc(CCl)c(OCc2nccs2)c1. The third kappa shape index (κ3) is 3.11. The Balaban J connectivity index is 2.12. The molecule has 2 aromatic rings. The number of alkyl halides is 1. The Morgan fingerprint density at radius 1 is 1.41 bits per heavy atom. The highest BCUT2D eigenvalue weighted by Gasteiger charge is 2.06. The van der Waals surface area contributed by atoms with Crippen LogP contribution in [0.15, 0.2) is 29.8 Å². The number of nitrogens with zero attached hydrogens (tertiary/aromatic N) is 1. The van der Waals surface area contributed by atoms with Gasteiger partial charge in [-0.05, 0) is 6.07 Å². The second-order valence-corrected chi connectivity index (χ2v) is 4.57. The molecule has 0 atom stereocenters. The van der Waals surface area contributed by atoms with Gasteiger partial charge in [-0.3, -0.25) is 0 Å². The van der Waals surface area contributed by atoms with Crippen LogP contribution in [-0.2, 0) is 12.5 Å². The van der Waals surface area contributed by atoms with Crippen molar-refractivity contribution in [3.63, 3.8) is 0 Å². The van der Waals surface area contributed by atoms with E-state index in [2.05, 4.69) is 4.98 Å². The first-order chi connectivity index (χ1) is 8.33. The number of hydrogen-bond donors (Lipinski definition) is 0. The smallest absolute Gasteiger partial charge is 0.140 e. The van der Waals surface area contributed by atoms with Gasteiger partial charge in [0.2, 0.25) is 0 Å². The molecule has 0 amide bonds. The van der Waals surface area contributed by atoms with Crippen molar-refractivity contribution in [3.05, 3.63) is 40.3 Å². The van der Waals surface area contributed by atoms with Gasteiger partial charge in [0, 0.05) is 23.2 Å². The van der Waals surface area contributed by atoms with Crippen molar-refractivity contribution in [2.45, 2.75) is 12.5 Å². The van der Waals surface area contributed by atoms with Crippen molar-refractivity contribution in [2.75, 3.05) is 7.11 Å². The Morgan fingerprint density at radius 2 is 2.29 bits per heavy atom. The number of rotatable bonds is 5. The first kappa shape index (κ1) is 12.2. The number of benzene rings is 1. The lowest BCUT2D eigenvalue weighted by molar-refractivity contribution is 0.300. The zero-order chi connectivity index (χ0) is 12.1. The molecule has 1 aromatic carbocycles. The minimum absolute atomic E-state index is 0.414. The third-order valence-electron chi connectivity index (χ3n) is 2.25. The van der Waals surface area contributed by atoms with Gasteiger partial charge in [-0.2, -0.15) is 0 Å². The quantitative estimate of drug-likeness (QED) is 0.779. The Hall–Kier alpha value is -1.26. The van der Waals surface area contributed by atoms with Crippen LogP contribution < -0.4 is 9.47 Å². The number of methoxy groups -OCH3 is 1. The van der Waals surface area contributed by atoms with Crippen LogP contribution in [0.1, 0.15) is 10.6 Å². The van der Waals surface area contributed by atoms with Gasteiger partial charge in [-0.25, -0.2) is 4.98 Å². The molecule has 0 bridgehead atoms. The number of halogens is 1. The normalized spacial score (nSPS) is 10.2. The molecule has 0 aliphatic carbocycles. The molecule has 0 fully saturated rings. The second kappa shape index (κ2) is 5.89. The van der Waals surface area contributed by atoms with Crippen molar-refractivity contribution in [1.82, 2.24) is 4.98 Å². The molecule has 0 aliphatic rings. The summed E-state index contributed by atoms with van der Waals surface area (Å²) in [6.07, 6.45) is 1.76. The van der Waals surface area contributed by atoms with Crippen LogP contribution in [0, 0.1) is 0 Å². The second-order valence-electron chi connectivity index (χ2n) is 3.32. The summed E-state index contributed by atoms with van der Waals surface area (Å²) in [5.74, 6) is 1.92.